The molecule has 0 unspecified atom stereocenters. The van der Waals surface area contributed by atoms with Gasteiger partial charge in [0, 0.05) is 11.3 Å². The van der Waals surface area contributed by atoms with Gasteiger partial charge in [0.05, 0.1) is 24.1 Å². The van der Waals surface area contributed by atoms with Crippen LogP contribution in [0.3, 0.4) is 0 Å². The minimum atomic E-state index is -0.416. The first-order chi connectivity index (χ1) is 14.0. The zero-order chi connectivity index (χ0) is 20.8. The van der Waals surface area contributed by atoms with Gasteiger partial charge in [-0.3, -0.25) is 4.79 Å². The summed E-state index contributed by atoms with van der Waals surface area (Å²) in [5.41, 5.74) is 5.30. The molecule has 0 bridgehead atoms. The molecule has 0 aliphatic rings. The van der Waals surface area contributed by atoms with Crippen LogP contribution < -0.4 is 5.32 Å². The zero-order valence-electron chi connectivity index (χ0n) is 16.4. The molecule has 1 aromatic heterocycles. The molecule has 1 N–H and O–H groups in total. The van der Waals surface area contributed by atoms with Crippen molar-refractivity contribution in [2.24, 2.45) is 0 Å². The number of hydrogen-bond acceptors (Lipinski definition) is 6. The molecular weight excluding hydrogens is 386 g/mol. The van der Waals surface area contributed by atoms with E-state index < -0.39 is 5.97 Å². The summed E-state index contributed by atoms with van der Waals surface area (Å²) < 4.78 is 4.65. The molecule has 2 aromatic carbocycles. The van der Waals surface area contributed by atoms with Gasteiger partial charge in [0.1, 0.15) is 5.03 Å². The number of methoxy groups -OCH3 is 1. The molecule has 7 heteroatoms. The number of aryl methyl sites for hydroxylation is 2. The first-order valence-corrected chi connectivity index (χ1v) is 9.97. The van der Waals surface area contributed by atoms with Crippen LogP contribution in [0.4, 0.5) is 5.69 Å². The fraction of sp³-hybridized carbons (Fsp3) is 0.182. The minimum absolute atomic E-state index is 0.166. The number of amides is 1. The van der Waals surface area contributed by atoms with E-state index in [4.69, 9.17) is 0 Å². The van der Waals surface area contributed by atoms with Gasteiger partial charge in [-0.2, -0.15) is 0 Å². The van der Waals surface area contributed by atoms with Crippen LogP contribution in [0.15, 0.2) is 59.6 Å². The summed E-state index contributed by atoms with van der Waals surface area (Å²) in [6.07, 6.45) is 0. The Labute approximate surface area is 173 Å². The van der Waals surface area contributed by atoms with Crippen molar-refractivity contribution in [1.29, 1.82) is 0 Å². The number of benzene rings is 2. The molecule has 29 heavy (non-hydrogen) atoms. The molecule has 0 fully saturated rings. The summed E-state index contributed by atoms with van der Waals surface area (Å²) in [6, 6.07) is 16.5. The SMILES string of the molecule is COC(=O)c1ccc(NC(=O)CSc2ccc(-c3ccc(C)c(C)c3)nn2)cc1. The van der Waals surface area contributed by atoms with Crippen molar-refractivity contribution >= 4 is 29.3 Å². The van der Waals surface area contributed by atoms with Crippen molar-refractivity contribution in [3.05, 3.63) is 71.3 Å². The van der Waals surface area contributed by atoms with E-state index in [1.165, 1.54) is 30.0 Å². The average molecular weight is 407 g/mol. The van der Waals surface area contributed by atoms with E-state index in [1.54, 1.807) is 24.3 Å². The van der Waals surface area contributed by atoms with Crippen molar-refractivity contribution < 1.29 is 14.3 Å². The Morgan fingerprint density at radius 2 is 1.72 bits per heavy atom. The van der Waals surface area contributed by atoms with Crippen LogP contribution in [0.5, 0.6) is 0 Å². The normalized spacial score (nSPS) is 10.4. The third-order valence-electron chi connectivity index (χ3n) is 4.38. The lowest BCUT2D eigenvalue weighted by Crippen LogP contribution is -2.14. The maximum atomic E-state index is 12.1. The third kappa shape index (κ3) is 5.42. The Morgan fingerprint density at radius 1 is 0.966 bits per heavy atom. The second-order valence-corrected chi connectivity index (χ2v) is 7.46. The molecule has 3 aromatic rings. The molecule has 3 rings (SSSR count). The fourth-order valence-corrected chi connectivity index (χ4v) is 3.21. The molecule has 0 spiro atoms. The van der Waals surface area contributed by atoms with E-state index in [0.29, 0.717) is 16.3 Å². The lowest BCUT2D eigenvalue weighted by molar-refractivity contribution is -0.113. The molecular formula is C22H21N3O3S. The van der Waals surface area contributed by atoms with E-state index in [0.717, 1.165) is 11.3 Å². The number of nitrogens with zero attached hydrogens (tertiary/aromatic N) is 2. The number of carbonyl (C=O) groups excluding carboxylic acids is 2. The van der Waals surface area contributed by atoms with Gasteiger partial charge in [-0.05, 0) is 67.4 Å². The van der Waals surface area contributed by atoms with E-state index in [-0.39, 0.29) is 11.7 Å². The Morgan fingerprint density at radius 3 is 2.34 bits per heavy atom. The summed E-state index contributed by atoms with van der Waals surface area (Å²) >= 11 is 1.31. The first-order valence-electron chi connectivity index (χ1n) is 8.98. The van der Waals surface area contributed by atoms with Crippen LogP contribution >= 0.6 is 11.8 Å². The van der Waals surface area contributed by atoms with Gasteiger partial charge in [0.15, 0.2) is 0 Å². The Hall–Kier alpha value is -3.19. The smallest absolute Gasteiger partial charge is 0.337 e. The minimum Gasteiger partial charge on any atom is -0.465 e. The lowest BCUT2D eigenvalue weighted by atomic mass is 10.0. The van der Waals surface area contributed by atoms with E-state index in [2.05, 4.69) is 46.2 Å². The molecule has 1 heterocycles. The highest BCUT2D eigenvalue weighted by Gasteiger charge is 2.08. The predicted molar refractivity (Wildman–Crippen MR) is 114 cm³/mol. The quantitative estimate of drug-likeness (QED) is 0.485. The van der Waals surface area contributed by atoms with Gasteiger partial charge in [-0.15, -0.1) is 10.2 Å². The maximum Gasteiger partial charge on any atom is 0.337 e. The predicted octanol–water partition coefficient (Wildman–Crippen LogP) is 4.28. The van der Waals surface area contributed by atoms with E-state index in [9.17, 15) is 9.59 Å². The number of anilines is 1. The molecule has 1 amide bonds. The molecule has 0 saturated heterocycles. The summed E-state index contributed by atoms with van der Waals surface area (Å²) in [6.45, 7) is 4.14. The van der Waals surface area contributed by atoms with Gasteiger partial charge < -0.3 is 10.1 Å². The van der Waals surface area contributed by atoms with Gasteiger partial charge in [0.2, 0.25) is 5.91 Å². The average Bonchev–Trinajstić information content (AvgIpc) is 2.74. The molecule has 0 atom stereocenters. The highest BCUT2D eigenvalue weighted by molar-refractivity contribution is 7.99. The third-order valence-corrected chi connectivity index (χ3v) is 5.30. The van der Waals surface area contributed by atoms with Crippen LogP contribution in [0.2, 0.25) is 0 Å². The number of carbonyl (C=O) groups is 2. The van der Waals surface area contributed by atoms with Gasteiger partial charge >= 0.3 is 5.97 Å². The lowest BCUT2D eigenvalue weighted by Gasteiger charge is -2.07. The van der Waals surface area contributed by atoms with Gasteiger partial charge in [0.25, 0.3) is 0 Å². The van der Waals surface area contributed by atoms with E-state index >= 15 is 0 Å². The van der Waals surface area contributed by atoms with Crippen LogP contribution in [0, 0.1) is 13.8 Å². The molecule has 0 saturated carbocycles. The second kappa shape index (κ2) is 9.34. The number of ether oxygens (including phenoxy) is 1. The van der Waals surface area contributed by atoms with Crippen LogP contribution in [0.1, 0.15) is 21.5 Å². The number of esters is 1. The van der Waals surface area contributed by atoms with Crippen molar-refractivity contribution in [3.63, 3.8) is 0 Å². The monoisotopic (exact) mass is 407 g/mol. The fourth-order valence-electron chi connectivity index (χ4n) is 2.60. The Bertz CT molecular complexity index is 1020. The molecule has 0 radical (unpaired) electrons. The Balaban J connectivity index is 1.55. The molecule has 148 valence electrons. The summed E-state index contributed by atoms with van der Waals surface area (Å²) in [7, 11) is 1.33. The highest BCUT2D eigenvalue weighted by atomic mass is 32.2. The Kier molecular flexibility index (Phi) is 6.61. The standard InChI is InChI=1S/C22H21N3O3S/c1-14-4-5-17(12-15(14)2)19-10-11-21(25-24-19)29-13-20(26)23-18-8-6-16(7-9-18)22(27)28-3/h4-12H,13H2,1-3H3,(H,23,26). The highest BCUT2D eigenvalue weighted by Crippen LogP contribution is 2.22. The van der Waals surface area contributed by atoms with Crippen molar-refractivity contribution in [3.8, 4) is 11.3 Å². The number of nitrogens with one attached hydrogen (secondary N) is 1. The first kappa shape index (κ1) is 20.5. The van der Waals surface area contributed by atoms with Crippen LogP contribution in [-0.4, -0.2) is 34.9 Å². The van der Waals surface area contributed by atoms with Crippen molar-refractivity contribution in [2.75, 3.05) is 18.2 Å². The number of hydrogen-bond donors (Lipinski definition) is 1. The maximum absolute atomic E-state index is 12.1. The van der Waals surface area contributed by atoms with Crippen LogP contribution in [0.25, 0.3) is 11.3 Å². The van der Waals surface area contributed by atoms with E-state index in [1.807, 2.05) is 18.2 Å². The topological polar surface area (TPSA) is 81.2 Å². The largest absolute Gasteiger partial charge is 0.465 e. The van der Waals surface area contributed by atoms with Gasteiger partial charge in [-0.1, -0.05) is 23.9 Å². The number of thioether (sulfide) groups is 1. The molecule has 6 nitrogen and oxygen atoms in total. The summed E-state index contributed by atoms with van der Waals surface area (Å²) in [5, 5.41) is 11.9. The van der Waals surface area contributed by atoms with Gasteiger partial charge in [-0.25, -0.2) is 4.79 Å². The summed E-state index contributed by atoms with van der Waals surface area (Å²) in [5.74, 6) is -0.377. The molecule has 0 aliphatic carbocycles. The van der Waals surface area contributed by atoms with Crippen LogP contribution in [-0.2, 0) is 9.53 Å². The molecule has 0 aliphatic heterocycles. The summed E-state index contributed by atoms with van der Waals surface area (Å²) in [4.78, 5) is 23.6. The number of rotatable bonds is 6. The zero-order valence-corrected chi connectivity index (χ0v) is 17.2. The number of aromatic nitrogens is 2. The second-order valence-electron chi connectivity index (χ2n) is 6.46. The van der Waals surface area contributed by atoms with Crippen molar-refractivity contribution in [2.45, 2.75) is 18.9 Å². The van der Waals surface area contributed by atoms with Crippen molar-refractivity contribution in [1.82, 2.24) is 10.2 Å².